The van der Waals surface area contributed by atoms with Crippen LogP contribution in [0.4, 0.5) is 0 Å². The summed E-state index contributed by atoms with van der Waals surface area (Å²) < 4.78 is 25.0. The molecule has 4 aromatic rings. The monoisotopic (exact) mass is 531 g/mol. The molecule has 0 aliphatic heterocycles. The lowest BCUT2D eigenvalue weighted by Crippen LogP contribution is -2.36. The normalized spacial score (nSPS) is 12.0. The Morgan fingerprint density at radius 2 is 1.56 bits per heavy atom. The average Bonchev–Trinajstić information content (AvgIpc) is 3.27. The molecule has 0 aliphatic carbocycles. The number of aryl methyl sites for hydroxylation is 1. The Morgan fingerprint density at radius 3 is 2.26 bits per heavy atom. The molecule has 8 nitrogen and oxygen atoms in total. The maximum atomic E-state index is 10.8. The predicted octanol–water partition coefficient (Wildman–Crippen LogP) is 5.01. The summed E-state index contributed by atoms with van der Waals surface area (Å²) in [5, 5.41) is 15.7. The number of nitrogens with zero attached hydrogens (tertiary/aromatic N) is 3. The van der Waals surface area contributed by atoms with Gasteiger partial charge in [0.1, 0.15) is 0 Å². The van der Waals surface area contributed by atoms with E-state index in [9.17, 15) is 5.11 Å². The fourth-order valence-corrected chi connectivity index (χ4v) is 4.29. The van der Waals surface area contributed by atoms with Crippen molar-refractivity contribution in [1.29, 1.82) is 0 Å². The van der Waals surface area contributed by atoms with Gasteiger partial charge in [0.15, 0.2) is 11.5 Å². The van der Waals surface area contributed by atoms with E-state index in [1.165, 1.54) is 0 Å². The zero-order chi connectivity index (χ0) is 27.5. The van der Waals surface area contributed by atoms with E-state index in [1.807, 2.05) is 96.5 Å². The second-order valence-corrected chi connectivity index (χ2v) is 9.25. The molecule has 3 aromatic carbocycles. The number of rotatable bonds is 15. The highest BCUT2D eigenvalue weighted by atomic mass is 16.5. The Kier molecular flexibility index (Phi) is 10.5. The molecule has 0 aliphatic rings. The van der Waals surface area contributed by atoms with Crippen LogP contribution in [0.2, 0.25) is 0 Å². The number of para-hydroxylation sites is 3. The number of aromatic nitrogens is 2. The van der Waals surface area contributed by atoms with Gasteiger partial charge >= 0.3 is 0 Å². The van der Waals surface area contributed by atoms with Gasteiger partial charge in [-0.3, -0.25) is 4.90 Å². The Labute approximate surface area is 230 Å². The van der Waals surface area contributed by atoms with Gasteiger partial charge in [-0.1, -0.05) is 60.7 Å². The molecule has 0 radical (unpaired) electrons. The molecule has 0 saturated heterocycles. The fourth-order valence-electron chi connectivity index (χ4n) is 4.29. The molecule has 0 amide bonds. The second-order valence-electron chi connectivity index (χ2n) is 9.25. The molecule has 0 spiro atoms. The van der Waals surface area contributed by atoms with E-state index in [2.05, 4.69) is 4.90 Å². The summed E-state index contributed by atoms with van der Waals surface area (Å²) in [7, 11) is 3.29. The maximum absolute atomic E-state index is 10.8. The van der Waals surface area contributed by atoms with Gasteiger partial charge in [0.2, 0.25) is 5.88 Å². The minimum absolute atomic E-state index is 0.227. The van der Waals surface area contributed by atoms with E-state index < -0.39 is 6.10 Å². The van der Waals surface area contributed by atoms with Gasteiger partial charge in [-0.15, -0.1) is 0 Å². The zero-order valence-electron chi connectivity index (χ0n) is 22.8. The Morgan fingerprint density at radius 1 is 0.897 bits per heavy atom. The van der Waals surface area contributed by atoms with Gasteiger partial charge < -0.3 is 24.1 Å². The molecule has 8 heteroatoms. The van der Waals surface area contributed by atoms with Gasteiger partial charge in [-0.25, -0.2) is 4.68 Å². The Hall–Kier alpha value is -3.69. The molecular formula is C31H37N3O5. The van der Waals surface area contributed by atoms with Crippen molar-refractivity contribution in [2.75, 3.05) is 40.5 Å². The van der Waals surface area contributed by atoms with Crippen molar-refractivity contribution in [3.63, 3.8) is 0 Å². The van der Waals surface area contributed by atoms with Crippen molar-refractivity contribution in [2.45, 2.75) is 26.2 Å². The molecule has 1 N–H and O–H groups in total. The molecule has 206 valence electrons. The van der Waals surface area contributed by atoms with Crippen molar-refractivity contribution < 1.29 is 24.1 Å². The van der Waals surface area contributed by atoms with Crippen LogP contribution < -0.4 is 9.47 Å². The summed E-state index contributed by atoms with van der Waals surface area (Å²) in [6.45, 7) is 4.70. The minimum Gasteiger partial charge on any atom is -0.493 e. The average molecular weight is 532 g/mol. The van der Waals surface area contributed by atoms with Gasteiger partial charge in [0, 0.05) is 26.7 Å². The topological polar surface area (TPSA) is 78.2 Å². The molecule has 0 saturated carbocycles. The van der Waals surface area contributed by atoms with E-state index in [1.54, 1.807) is 14.2 Å². The minimum atomic E-state index is -0.673. The molecule has 4 rings (SSSR count). The third-order valence-corrected chi connectivity index (χ3v) is 6.30. The van der Waals surface area contributed by atoms with Crippen LogP contribution >= 0.6 is 0 Å². The summed E-state index contributed by atoms with van der Waals surface area (Å²) in [6.07, 6.45) is -0.673. The van der Waals surface area contributed by atoms with Crippen molar-refractivity contribution in [2.24, 2.45) is 0 Å². The number of aliphatic hydroxyl groups excluding tert-OH is 1. The number of methoxy groups -OCH3 is 2. The fraction of sp³-hybridized carbons (Fsp3) is 0.323. The number of hydrogen-bond donors (Lipinski definition) is 1. The van der Waals surface area contributed by atoms with Crippen molar-refractivity contribution >= 4 is 0 Å². The van der Waals surface area contributed by atoms with Gasteiger partial charge in [0.25, 0.3) is 0 Å². The summed E-state index contributed by atoms with van der Waals surface area (Å²) in [5.74, 6) is 1.82. The molecule has 1 heterocycles. The van der Waals surface area contributed by atoms with E-state index in [4.69, 9.17) is 24.0 Å². The lowest BCUT2D eigenvalue weighted by Gasteiger charge is -2.25. The molecule has 1 aromatic heterocycles. The zero-order valence-corrected chi connectivity index (χ0v) is 22.8. The summed E-state index contributed by atoms with van der Waals surface area (Å²) >= 11 is 0. The van der Waals surface area contributed by atoms with Crippen LogP contribution in [0.1, 0.15) is 16.8 Å². The second kappa shape index (κ2) is 14.5. The molecule has 0 fully saturated rings. The van der Waals surface area contributed by atoms with Crippen molar-refractivity contribution in [3.8, 4) is 23.1 Å². The van der Waals surface area contributed by atoms with Crippen molar-refractivity contribution in [3.05, 3.63) is 102 Å². The number of benzene rings is 3. The quantitative estimate of drug-likeness (QED) is 0.231. The number of hydrogen-bond acceptors (Lipinski definition) is 7. The summed E-state index contributed by atoms with van der Waals surface area (Å²) in [5.41, 5.74) is 3.71. The third-order valence-electron chi connectivity index (χ3n) is 6.30. The molecule has 39 heavy (non-hydrogen) atoms. The van der Waals surface area contributed by atoms with Crippen LogP contribution in [0, 0.1) is 6.92 Å². The standard InChI is InChI=1S/C31H37N3O5/c1-24-28(21-33(18-19-36-2)20-27(35)23-38-22-25-12-6-4-7-13-25)31(34(32-24)26-14-8-5-9-15-26)39-30-17-11-10-16-29(30)37-3/h4-17,27,35H,18-23H2,1-3H3. The summed E-state index contributed by atoms with van der Waals surface area (Å²) in [4.78, 5) is 2.13. The van der Waals surface area contributed by atoms with Crippen LogP contribution in [0.15, 0.2) is 84.9 Å². The van der Waals surface area contributed by atoms with E-state index in [0.717, 1.165) is 22.5 Å². The van der Waals surface area contributed by atoms with E-state index in [0.29, 0.717) is 50.2 Å². The first-order valence-electron chi connectivity index (χ1n) is 13.0. The van der Waals surface area contributed by atoms with Gasteiger partial charge in [0.05, 0.1) is 50.0 Å². The number of aliphatic hydroxyl groups is 1. The summed E-state index contributed by atoms with van der Waals surface area (Å²) in [6, 6.07) is 27.4. The van der Waals surface area contributed by atoms with E-state index in [-0.39, 0.29) is 6.61 Å². The largest absolute Gasteiger partial charge is 0.493 e. The lowest BCUT2D eigenvalue weighted by atomic mass is 10.2. The predicted molar refractivity (Wildman–Crippen MR) is 151 cm³/mol. The highest BCUT2D eigenvalue weighted by molar-refractivity contribution is 5.47. The first kappa shape index (κ1) is 28.3. The van der Waals surface area contributed by atoms with Crippen LogP contribution in [0.3, 0.4) is 0 Å². The Bertz CT molecular complexity index is 1280. The molecule has 1 atom stereocenters. The smallest absolute Gasteiger partial charge is 0.227 e. The van der Waals surface area contributed by atoms with E-state index >= 15 is 0 Å². The Balaban J connectivity index is 1.56. The van der Waals surface area contributed by atoms with Crippen molar-refractivity contribution in [1.82, 2.24) is 14.7 Å². The van der Waals surface area contributed by atoms with Crippen LogP contribution in [0.25, 0.3) is 5.69 Å². The SMILES string of the molecule is COCCN(Cc1c(C)nn(-c2ccccc2)c1Oc1ccccc1OC)CC(O)COCc1ccccc1. The highest BCUT2D eigenvalue weighted by Crippen LogP contribution is 2.36. The lowest BCUT2D eigenvalue weighted by molar-refractivity contribution is 0.00466. The van der Waals surface area contributed by atoms with Crippen LogP contribution in [-0.2, 0) is 22.6 Å². The maximum Gasteiger partial charge on any atom is 0.227 e. The number of ether oxygens (including phenoxy) is 4. The van der Waals surface area contributed by atoms with Gasteiger partial charge in [-0.2, -0.15) is 5.10 Å². The molecule has 1 unspecified atom stereocenters. The van der Waals surface area contributed by atoms with Crippen LogP contribution in [0.5, 0.6) is 17.4 Å². The van der Waals surface area contributed by atoms with Gasteiger partial charge in [-0.05, 0) is 36.8 Å². The first-order chi connectivity index (χ1) is 19.1. The third kappa shape index (κ3) is 7.91. The highest BCUT2D eigenvalue weighted by Gasteiger charge is 2.23. The van der Waals surface area contributed by atoms with Crippen LogP contribution in [-0.4, -0.2) is 66.4 Å². The first-order valence-corrected chi connectivity index (χ1v) is 13.0. The molecule has 0 bridgehead atoms. The molecular weight excluding hydrogens is 494 g/mol.